The largest absolute Gasteiger partial charge is 0.327 e. The molecule has 0 unspecified atom stereocenters. The number of amides is 2. The number of halogens is 2. The molecule has 0 aliphatic carbocycles. The van der Waals surface area contributed by atoms with Crippen molar-refractivity contribution in [3.05, 3.63) is 71.3 Å². The number of hydrogen-bond donors (Lipinski definition) is 1. The van der Waals surface area contributed by atoms with Crippen molar-refractivity contribution in [2.45, 2.75) is 31.7 Å². The number of nitrogens with zero attached hydrogens (tertiary/aromatic N) is 3. The molecule has 33 heavy (non-hydrogen) atoms. The number of piperidine rings is 1. The maximum atomic E-state index is 13.4. The Morgan fingerprint density at radius 2 is 1.21 bits per heavy atom. The van der Waals surface area contributed by atoms with Crippen LogP contribution >= 0.6 is 0 Å². The van der Waals surface area contributed by atoms with Gasteiger partial charge >= 0.3 is 6.03 Å². The average molecular weight is 457 g/mol. The fraction of sp³-hybridized carbons (Fsp3) is 0.500. The standard InChI is InChI=1S/C26H34F2N4O/c27-23-9-5-21(6-10-23)25(22-7-11-24(28)12-8-22)29-26(33)32-19-17-31(18-20-32)16-4-15-30-13-2-1-3-14-30/h5-12,25H,1-4,13-20H2,(H,29,33). The van der Waals surface area contributed by atoms with Crippen LogP contribution in [-0.4, -0.2) is 73.1 Å². The van der Waals surface area contributed by atoms with Crippen LogP contribution < -0.4 is 5.32 Å². The van der Waals surface area contributed by atoms with Gasteiger partial charge in [0.05, 0.1) is 6.04 Å². The number of likely N-dealkylation sites (tertiary alicyclic amines) is 1. The molecule has 2 amide bonds. The Morgan fingerprint density at radius 1 is 0.727 bits per heavy atom. The molecule has 2 heterocycles. The van der Waals surface area contributed by atoms with E-state index in [4.69, 9.17) is 0 Å². The maximum absolute atomic E-state index is 13.4. The first-order chi connectivity index (χ1) is 16.1. The molecule has 178 valence electrons. The lowest BCUT2D eigenvalue weighted by molar-refractivity contribution is 0.131. The Hall–Kier alpha value is -2.51. The van der Waals surface area contributed by atoms with E-state index in [2.05, 4.69) is 15.1 Å². The van der Waals surface area contributed by atoms with Gasteiger partial charge in [-0.25, -0.2) is 13.6 Å². The Bertz CT molecular complexity index is 831. The van der Waals surface area contributed by atoms with Crippen LogP contribution in [0.15, 0.2) is 48.5 Å². The quantitative estimate of drug-likeness (QED) is 0.677. The molecular weight excluding hydrogens is 422 g/mol. The molecule has 2 aliphatic rings. The smallest absolute Gasteiger partial charge is 0.318 e. The first kappa shape index (κ1) is 23.6. The predicted octanol–water partition coefficient (Wildman–Crippen LogP) is 4.26. The first-order valence-corrected chi connectivity index (χ1v) is 12.1. The third-order valence-corrected chi connectivity index (χ3v) is 6.73. The van der Waals surface area contributed by atoms with E-state index in [1.54, 1.807) is 24.3 Å². The molecule has 5 nitrogen and oxygen atoms in total. The lowest BCUT2D eigenvalue weighted by Gasteiger charge is -2.36. The second-order valence-electron chi connectivity index (χ2n) is 9.07. The summed E-state index contributed by atoms with van der Waals surface area (Å²) in [6.07, 6.45) is 5.18. The highest BCUT2D eigenvalue weighted by molar-refractivity contribution is 5.75. The predicted molar refractivity (Wildman–Crippen MR) is 126 cm³/mol. The minimum Gasteiger partial charge on any atom is -0.327 e. The number of nitrogens with one attached hydrogen (secondary N) is 1. The molecule has 0 bridgehead atoms. The van der Waals surface area contributed by atoms with Crippen LogP contribution in [0.5, 0.6) is 0 Å². The van der Waals surface area contributed by atoms with Crippen molar-refractivity contribution in [1.82, 2.24) is 20.0 Å². The van der Waals surface area contributed by atoms with Crippen molar-refractivity contribution in [3.8, 4) is 0 Å². The summed E-state index contributed by atoms with van der Waals surface area (Å²) in [6.45, 7) is 7.78. The minimum atomic E-state index is -0.471. The van der Waals surface area contributed by atoms with Gasteiger partial charge in [-0.15, -0.1) is 0 Å². The van der Waals surface area contributed by atoms with E-state index in [1.807, 2.05) is 4.90 Å². The van der Waals surface area contributed by atoms with Gasteiger partial charge in [-0.2, -0.15) is 0 Å². The van der Waals surface area contributed by atoms with Gasteiger partial charge in [0.15, 0.2) is 0 Å². The van der Waals surface area contributed by atoms with Crippen molar-refractivity contribution in [2.24, 2.45) is 0 Å². The molecule has 2 aliphatic heterocycles. The summed E-state index contributed by atoms with van der Waals surface area (Å²) in [5, 5.41) is 3.08. The number of rotatable bonds is 7. The van der Waals surface area contributed by atoms with Gasteiger partial charge in [-0.05, 0) is 80.8 Å². The van der Waals surface area contributed by atoms with Crippen LogP contribution in [0.3, 0.4) is 0 Å². The minimum absolute atomic E-state index is 0.151. The molecule has 0 saturated carbocycles. The zero-order valence-corrected chi connectivity index (χ0v) is 19.2. The topological polar surface area (TPSA) is 38.8 Å². The molecule has 0 spiro atoms. The van der Waals surface area contributed by atoms with Gasteiger partial charge in [0.1, 0.15) is 11.6 Å². The van der Waals surface area contributed by atoms with Gasteiger partial charge in [-0.3, -0.25) is 4.90 Å². The van der Waals surface area contributed by atoms with Crippen LogP contribution in [0.2, 0.25) is 0 Å². The summed E-state index contributed by atoms with van der Waals surface area (Å²) in [4.78, 5) is 19.9. The van der Waals surface area contributed by atoms with Gasteiger partial charge in [0.2, 0.25) is 0 Å². The van der Waals surface area contributed by atoms with Crippen molar-refractivity contribution in [3.63, 3.8) is 0 Å². The van der Waals surface area contributed by atoms with Crippen molar-refractivity contribution < 1.29 is 13.6 Å². The molecule has 2 saturated heterocycles. The van der Waals surface area contributed by atoms with Crippen LogP contribution in [0.1, 0.15) is 42.9 Å². The van der Waals surface area contributed by atoms with E-state index in [0.717, 1.165) is 37.3 Å². The molecule has 0 atom stereocenters. The molecule has 0 radical (unpaired) electrons. The van der Waals surface area contributed by atoms with Gasteiger partial charge in [0, 0.05) is 26.2 Å². The van der Waals surface area contributed by atoms with E-state index in [-0.39, 0.29) is 17.7 Å². The molecular formula is C26H34F2N4O. The van der Waals surface area contributed by atoms with Crippen LogP contribution in [0, 0.1) is 11.6 Å². The fourth-order valence-electron chi connectivity index (χ4n) is 4.76. The number of carbonyl (C=O) groups is 1. The zero-order chi connectivity index (χ0) is 23.0. The van der Waals surface area contributed by atoms with Crippen molar-refractivity contribution in [2.75, 3.05) is 52.4 Å². The Balaban J connectivity index is 1.30. The molecule has 2 aromatic rings. The molecule has 1 N–H and O–H groups in total. The zero-order valence-electron chi connectivity index (χ0n) is 19.2. The van der Waals surface area contributed by atoms with Crippen LogP contribution in [-0.2, 0) is 0 Å². The number of urea groups is 1. The lowest BCUT2D eigenvalue weighted by atomic mass is 9.98. The van der Waals surface area contributed by atoms with Crippen molar-refractivity contribution in [1.29, 1.82) is 0 Å². The Labute approximate surface area is 195 Å². The molecule has 2 fully saturated rings. The molecule has 2 aromatic carbocycles. The van der Waals surface area contributed by atoms with Gasteiger partial charge in [0.25, 0.3) is 0 Å². The molecule has 7 heteroatoms. The summed E-state index contributed by atoms with van der Waals surface area (Å²) in [5.41, 5.74) is 1.51. The third kappa shape index (κ3) is 6.74. The van der Waals surface area contributed by atoms with Crippen LogP contribution in [0.4, 0.5) is 13.6 Å². The first-order valence-electron chi connectivity index (χ1n) is 12.1. The van der Waals surface area contributed by atoms with E-state index in [0.29, 0.717) is 13.1 Å². The highest BCUT2D eigenvalue weighted by atomic mass is 19.1. The van der Waals surface area contributed by atoms with Crippen molar-refractivity contribution >= 4 is 6.03 Å². The van der Waals surface area contributed by atoms with E-state index >= 15 is 0 Å². The highest BCUT2D eigenvalue weighted by Gasteiger charge is 2.24. The second kappa shape index (κ2) is 11.6. The summed E-state index contributed by atoms with van der Waals surface area (Å²) in [6, 6.07) is 11.5. The number of piperazine rings is 1. The summed E-state index contributed by atoms with van der Waals surface area (Å²) < 4.78 is 26.9. The van der Waals surface area contributed by atoms with E-state index in [9.17, 15) is 13.6 Å². The molecule has 4 rings (SSSR count). The summed E-state index contributed by atoms with van der Waals surface area (Å²) in [7, 11) is 0. The van der Waals surface area contributed by atoms with E-state index in [1.165, 1.54) is 63.0 Å². The Morgan fingerprint density at radius 3 is 1.73 bits per heavy atom. The summed E-state index contributed by atoms with van der Waals surface area (Å²) >= 11 is 0. The number of carbonyl (C=O) groups excluding carboxylic acids is 1. The highest BCUT2D eigenvalue weighted by Crippen LogP contribution is 2.23. The van der Waals surface area contributed by atoms with Gasteiger partial charge in [-0.1, -0.05) is 30.7 Å². The molecule has 0 aromatic heterocycles. The summed E-state index contributed by atoms with van der Waals surface area (Å²) in [5.74, 6) is -0.668. The number of hydrogen-bond acceptors (Lipinski definition) is 3. The van der Waals surface area contributed by atoms with Gasteiger partial charge < -0.3 is 15.1 Å². The average Bonchev–Trinajstić information content (AvgIpc) is 2.85. The second-order valence-corrected chi connectivity index (χ2v) is 9.07. The van der Waals surface area contributed by atoms with E-state index < -0.39 is 6.04 Å². The fourth-order valence-corrected chi connectivity index (χ4v) is 4.76. The maximum Gasteiger partial charge on any atom is 0.318 e. The third-order valence-electron chi connectivity index (χ3n) is 6.73. The SMILES string of the molecule is O=C(NC(c1ccc(F)cc1)c1ccc(F)cc1)N1CCN(CCCN2CCCCC2)CC1. The lowest BCUT2D eigenvalue weighted by Crippen LogP contribution is -2.52. The monoisotopic (exact) mass is 456 g/mol. The number of benzene rings is 2. The normalized spacial score (nSPS) is 18.0. The van der Waals surface area contributed by atoms with Crippen LogP contribution in [0.25, 0.3) is 0 Å². The Kier molecular flexibility index (Phi) is 8.29.